The number of carbonyl (C=O) groups excluding carboxylic acids is 1. The van der Waals surface area contributed by atoms with Crippen LogP contribution in [-0.2, 0) is 22.5 Å². The van der Waals surface area contributed by atoms with Gasteiger partial charge < -0.3 is 14.5 Å². The van der Waals surface area contributed by atoms with E-state index in [-0.39, 0.29) is 18.1 Å². The van der Waals surface area contributed by atoms with Crippen LogP contribution in [0.1, 0.15) is 24.2 Å². The van der Waals surface area contributed by atoms with Crippen molar-refractivity contribution >= 4 is 5.91 Å². The molecular weight excluding hydrogens is 330 g/mol. The summed E-state index contributed by atoms with van der Waals surface area (Å²) >= 11 is 0. The molecule has 0 bridgehead atoms. The molecule has 0 aromatic carbocycles. The van der Waals surface area contributed by atoms with E-state index < -0.39 is 0 Å². The Kier molecular flexibility index (Phi) is 5.32. The molecule has 2 aromatic rings. The van der Waals surface area contributed by atoms with E-state index in [1.807, 2.05) is 24.3 Å². The summed E-state index contributed by atoms with van der Waals surface area (Å²) in [5, 5.41) is 3.02. The zero-order valence-electron chi connectivity index (χ0n) is 14.8. The van der Waals surface area contributed by atoms with Gasteiger partial charge in [0.05, 0.1) is 18.9 Å². The van der Waals surface area contributed by atoms with Gasteiger partial charge in [-0.25, -0.2) is 0 Å². The van der Waals surface area contributed by atoms with E-state index >= 15 is 0 Å². The second-order valence-corrected chi connectivity index (χ2v) is 7.16. The van der Waals surface area contributed by atoms with E-state index in [4.69, 9.17) is 9.15 Å². The fraction of sp³-hybridized carbons (Fsp3) is 0.500. The van der Waals surface area contributed by atoms with Crippen molar-refractivity contribution in [1.82, 2.24) is 15.2 Å². The molecule has 6 heteroatoms. The number of amides is 1. The molecule has 0 aliphatic carbocycles. The van der Waals surface area contributed by atoms with Crippen LogP contribution in [0, 0.1) is 5.92 Å². The number of nitrogens with one attached hydrogen (secondary N) is 1. The van der Waals surface area contributed by atoms with Gasteiger partial charge in [0, 0.05) is 25.5 Å². The summed E-state index contributed by atoms with van der Waals surface area (Å²) in [7, 11) is 0. The van der Waals surface area contributed by atoms with Crippen LogP contribution in [0.2, 0.25) is 0 Å². The summed E-state index contributed by atoms with van der Waals surface area (Å²) in [6, 6.07) is 7.86. The smallest absolute Gasteiger partial charge is 0.249 e. The minimum absolute atomic E-state index is 0.0195. The number of likely N-dealkylation sites (tertiary alicyclic amines) is 1. The molecule has 0 saturated carbocycles. The van der Waals surface area contributed by atoms with Crippen LogP contribution in [0.15, 0.2) is 47.3 Å². The summed E-state index contributed by atoms with van der Waals surface area (Å²) < 4.78 is 11.5. The van der Waals surface area contributed by atoms with Crippen LogP contribution in [-0.4, -0.2) is 47.6 Å². The van der Waals surface area contributed by atoms with Crippen molar-refractivity contribution in [2.45, 2.75) is 38.0 Å². The van der Waals surface area contributed by atoms with Crippen molar-refractivity contribution in [2.75, 3.05) is 19.6 Å². The van der Waals surface area contributed by atoms with E-state index in [1.54, 1.807) is 18.7 Å². The molecule has 3 atom stereocenters. The number of nitrogens with zero attached hydrogens (tertiary/aromatic N) is 2. The van der Waals surface area contributed by atoms with Crippen molar-refractivity contribution < 1.29 is 13.9 Å². The highest BCUT2D eigenvalue weighted by Gasteiger charge is 2.41. The second kappa shape index (κ2) is 8.01. The normalized spacial score (nSPS) is 25.8. The van der Waals surface area contributed by atoms with Gasteiger partial charge in [-0.05, 0) is 61.6 Å². The Hall–Kier alpha value is -2.18. The number of hydrogen-bond donors (Lipinski definition) is 1. The van der Waals surface area contributed by atoms with Gasteiger partial charge in [0.25, 0.3) is 0 Å². The SMILES string of the molecule is O=C(NCCc1ccncc1)[C@@H]1C[C@H]2CCN(Cc3ccco3)C[C@@H]2O1. The number of rotatable bonds is 6. The minimum atomic E-state index is -0.314. The number of aromatic nitrogens is 1. The van der Waals surface area contributed by atoms with E-state index in [2.05, 4.69) is 15.2 Å². The van der Waals surface area contributed by atoms with Gasteiger partial charge in [0.2, 0.25) is 5.91 Å². The van der Waals surface area contributed by atoms with Crippen LogP contribution in [0.25, 0.3) is 0 Å². The summed E-state index contributed by atoms with van der Waals surface area (Å²) in [4.78, 5) is 18.8. The van der Waals surface area contributed by atoms with Crippen LogP contribution in [0.5, 0.6) is 0 Å². The Balaban J connectivity index is 1.23. The number of fused-ring (bicyclic) bond motifs is 1. The highest BCUT2D eigenvalue weighted by atomic mass is 16.5. The molecule has 2 aromatic heterocycles. The third kappa shape index (κ3) is 4.14. The summed E-state index contributed by atoms with van der Waals surface area (Å²) in [5.74, 6) is 1.48. The predicted molar refractivity (Wildman–Crippen MR) is 96.3 cm³/mol. The summed E-state index contributed by atoms with van der Waals surface area (Å²) in [5.41, 5.74) is 1.18. The molecule has 4 heterocycles. The van der Waals surface area contributed by atoms with Gasteiger partial charge >= 0.3 is 0 Å². The predicted octanol–water partition coefficient (Wildman–Crippen LogP) is 2.01. The van der Waals surface area contributed by atoms with Crippen LogP contribution in [0.3, 0.4) is 0 Å². The number of hydrogen-bond acceptors (Lipinski definition) is 5. The fourth-order valence-corrected chi connectivity index (χ4v) is 3.92. The maximum Gasteiger partial charge on any atom is 0.249 e. The van der Waals surface area contributed by atoms with Gasteiger partial charge in [0.15, 0.2) is 0 Å². The lowest BCUT2D eigenvalue weighted by atomic mass is 9.91. The first-order chi connectivity index (χ1) is 12.8. The molecular formula is C20H25N3O3. The average molecular weight is 355 g/mol. The average Bonchev–Trinajstić information content (AvgIpc) is 3.32. The van der Waals surface area contributed by atoms with Crippen molar-refractivity contribution in [1.29, 1.82) is 0 Å². The van der Waals surface area contributed by atoms with Gasteiger partial charge in [-0.3, -0.25) is 14.7 Å². The Labute approximate surface area is 153 Å². The van der Waals surface area contributed by atoms with Crippen molar-refractivity contribution in [2.24, 2.45) is 5.92 Å². The number of ether oxygens (including phenoxy) is 1. The van der Waals surface area contributed by atoms with Crippen molar-refractivity contribution in [3.63, 3.8) is 0 Å². The lowest BCUT2D eigenvalue weighted by molar-refractivity contribution is -0.132. The maximum absolute atomic E-state index is 12.4. The Morgan fingerprint density at radius 2 is 2.19 bits per heavy atom. The molecule has 0 unspecified atom stereocenters. The van der Waals surface area contributed by atoms with E-state index in [9.17, 15) is 4.79 Å². The summed E-state index contributed by atoms with van der Waals surface area (Å²) in [6.07, 6.45) is 7.81. The molecule has 2 fully saturated rings. The highest BCUT2D eigenvalue weighted by molar-refractivity contribution is 5.81. The molecule has 2 aliphatic heterocycles. The third-order valence-corrected chi connectivity index (χ3v) is 5.35. The van der Waals surface area contributed by atoms with E-state index in [0.717, 1.165) is 44.7 Å². The molecule has 6 nitrogen and oxygen atoms in total. The standard InChI is InChI=1S/C20H25N3O3/c24-20(22-9-5-15-3-7-21-8-4-15)18-12-16-6-10-23(14-19(16)26-18)13-17-2-1-11-25-17/h1-4,7-8,11,16,18-19H,5-6,9-10,12-14H2,(H,22,24)/t16-,18+,19+/m1/s1. The molecule has 2 aliphatic rings. The zero-order chi connectivity index (χ0) is 17.8. The second-order valence-electron chi connectivity index (χ2n) is 7.16. The van der Waals surface area contributed by atoms with Gasteiger partial charge in [-0.1, -0.05) is 0 Å². The van der Waals surface area contributed by atoms with Crippen LogP contribution >= 0.6 is 0 Å². The van der Waals surface area contributed by atoms with E-state index in [0.29, 0.717) is 12.5 Å². The highest BCUT2D eigenvalue weighted by Crippen LogP contribution is 2.33. The molecule has 26 heavy (non-hydrogen) atoms. The Morgan fingerprint density at radius 1 is 1.31 bits per heavy atom. The Morgan fingerprint density at radius 3 is 3.00 bits per heavy atom. The van der Waals surface area contributed by atoms with Gasteiger partial charge in [-0.15, -0.1) is 0 Å². The maximum atomic E-state index is 12.4. The minimum Gasteiger partial charge on any atom is -0.468 e. The van der Waals surface area contributed by atoms with Crippen LogP contribution < -0.4 is 5.32 Å². The van der Waals surface area contributed by atoms with Crippen molar-refractivity contribution in [3.8, 4) is 0 Å². The Bertz CT molecular complexity index is 704. The molecule has 4 rings (SSSR count). The van der Waals surface area contributed by atoms with E-state index in [1.165, 1.54) is 5.56 Å². The molecule has 1 amide bonds. The summed E-state index contributed by atoms with van der Waals surface area (Å²) in [6.45, 7) is 3.33. The van der Waals surface area contributed by atoms with Gasteiger partial charge in [-0.2, -0.15) is 0 Å². The quantitative estimate of drug-likeness (QED) is 0.859. The number of carbonyl (C=O) groups is 1. The van der Waals surface area contributed by atoms with Crippen molar-refractivity contribution in [3.05, 3.63) is 54.2 Å². The molecule has 0 radical (unpaired) electrons. The monoisotopic (exact) mass is 355 g/mol. The lowest BCUT2D eigenvalue weighted by Gasteiger charge is -2.33. The number of piperidine rings is 1. The zero-order valence-corrected chi connectivity index (χ0v) is 14.8. The molecule has 138 valence electrons. The van der Waals surface area contributed by atoms with Gasteiger partial charge in [0.1, 0.15) is 11.9 Å². The number of pyridine rings is 1. The molecule has 2 saturated heterocycles. The first-order valence-corrected chi connectivity index (χ1v) is 9.35. The lowest BCUT2D eigenvalue weighted by Crippen LogP contribution is -2.42. The fourth-order valence-electron chi connectivity index (χ4n) is 3.92. The third-order valence-electron chi connectivity index (χ3n) is 5.35. The molecule has 1 N–H and O–H groups in total. The molecule has 0 spiro atoms. The first kappa shape index (κ1) is 17.2. The first-order valence-electron chi connectivity index (χ1n) is 9.35. The number of furan rings is 1. The van der Waals surface area contributed by atoms with Crippen LogP contribution in [0.4, 0.5) is 0 Å². The topological polar surface area (TPSA) is 67.6 Å². The largest absolute Gasteiger partial charge is 0.468 e.